The van der Waals surface area contributed by atoms with Crippen LogP contribution in [0, 0.1) is 6.92 Å². The number of hydrogen-bond acceptors (Lipinski definition) is 5. The second-order valence-corrected chi connectivity index (χ2v) is 6.86. The van der Waals surface area contributed by atoms with E-state index in [1.54, 1.807) is 36.7 Å². The molecule has 3 rings (SSSR count). The third kappa shape index (κ3) is 5.51. The molecule has 3 aromatic rings. The number of Topliss-reactive ketones (excluding diaryl/α,β-unsaturated/α-hetero) is 1. The average molecular weight is 388 g/mol. The van der Waals surface area contributed by atoms with Gasteiger partial charge in [-0.25, -0.2) is 0 Å². The molecule has 29 heavy (non-hydrogen) atoms. The minimum atomic E-state index is -1.16. The Morgan fingerprint density at radius 1 is 1.07 bits per heavy atom. The number of aromatic nitrogens is 1. The van der Waals surface area contributed by atoms with Crippen LogP contribution in [0.15, 0.2) is 73.1 Å². The van der Waals surface area contributed by atoms with Gasteiger partial charge in [-0.2, -0.15) is 0 Å². The zero-order chi connectivity index (χ0) is 20.6. The summed E-state index contributed by atoms with van der Waals surface area (Å²) in [5, 5.41) is 11.0. The normalized spacial score (nSPS) is 11.6. The van der Waals surface area contributed by atoms with E-state index in [9.17, 15) is 14.7 Å². The van der Waals surface area contributed by atoms with Crippen LogP contribution in [-0.2, 0) is 11.4 Å². The second kappa shape index (κ2) is 9.64. The Morgan fingerprint density at radius 3 is 2.62 bits per heavy atom. The van der Waals surface area contributed by atoms with E-state index in [2.05, 4.69) is 4.98 Å². The SMILES string of the molecule is Cc1ccccc1C(CCC(=O)[O-])C(=O)c1cccc(OCc2cccnc2)c1. The van der Waals surface area contributed by atoms with Gasteiger partial charge in [-0.1, -0.05) is 42.5 Å². The van der Waals surface area contributed by atoms with Gasteiger partial charge >= 0.3 is 0 Å². The van der Waals surface area contributed by atoms with Crippen LogP contribution in [0.3, 0.4) is 0 Å². The smallest absolute Gasteiger partial charge is 0.170 e. The fourth-order valence-corrected chi connectivity index (χ4v) is 3.26. The van der Waals surface area contributed by atoms with Crippen molar-refractivity contribution < 1.29 is 19.4 Å². The predicted octanol–water partition coefficient (Wildman–Crippen LogP) is 3.47. The minimum absolute atomic E-state index is 0.132. The number of pyridine rings is 1. The van der Waals surface area contributed by atoms with Gasteiger partial charge in [0.1, 0.15) is 12.4 Å². The maximum Gasteiger partial charge on any atom is 0.170 e. The first-order valence-corrected chi connectivity index (χ1v) is 9.46. The van der Waals surface area contributed by atoms with E-state index in [1.807, 2.05) is 43.3 Å². The summed E-state index contributed by atoms with van der Waals surface area (Å²) in [6, 6.07) is 18.3. The topological polar surface area (TPSA) is 79.3 Å². The lowest BCUT2D eigenvalue weighted by Gasteiger charge is -2.19. The number of rotatable bonds is 9. The number of carbonyl (C=O) groups is 2. The largest absolute Gasteiger partial charge is 0.550 e. The maximum absolute atomic E-state index is 13.3. The van der Waals surface area contributed by atoms with Crippen LogP contribution in [0.1, 0.15) is 45.8 Å². The molecule has 0 N–H and O–H groups in total. The molecule has 0 aliphatic heterocycles. The van der Waals surface area contributed by atoms with Gasteiger partial charge in [0, 0.05) is 35.4 Å². The highest BCUT2D eigenvalue weighted by atomic mass is 16.5. The molecule has 0 aliphatic rings. The predicted molar refractivity (Wildman–Crippen MR) is 108 cm³/mol. The Kier molecular flexibility index (Phi) is 6.74. The number of carboxylic acid groups (broad SMARTS) is 1. The summed E-state index contributed by atoms with van der Waals surface area (Å²) in [7, 11) is 0. The number of benzene rings is 2. The number of carbonyl (C=O) groups excluding carboxylic acids is 2. The van der Waals surface area contributed by atoms with Gasteiger partial charge in [0.05, 0.1) is 0 Å². The molecule has 5 heteroatoms. The van der Waals surface area contributed by atoms with Crippen molar-refractivity contribution in [3.63, 3.8) is 0 Å². The number of aliphatic carboxylic acids is 1. The number of ketones is 1. The fraction of sp³-hybridized carbons (Fsp3) is 0.208. The lowest BCUT2D eigenvalue weighted by Crippen LogP contribution is -2.24. The molecule has 148 valence electrons. The highest BCUT2D eigenvalue weighted by molar-refractivity contribution is 6.01. The lowest BCUT2D eigenvalue weighted by atomic mass is 9.85. The second-order valence-electron chi connectivity index (χ2n) is 6.86. The van der Waals surface area contributed by atoms with Crippen molar-refractivity contribution in [2.75, 3.05) is 0 Å². The van der Waals surface area contributed by atoms with Crippen LogP contribution in [0.5, 0.6) is 5.75 Å². The molecular formula is C24H22NO4-. The van der Waals surface area contributed by atoms with Crippen molar-refractivity contribution >= 4 is 11.8 Å². The van der Waals surface area contributed by atoms with Gasteiger partial charge < -0.3 is 14.6 Å². The van der Waals surface area contributed by atoms with E-state index < -0.39 is 11.9 Å². The Bertz CT molecular complexity index is 985. The Morgan fingerprint density at radius 2 is 1.90 bits per heavy atom. The highest BCUT2D eigenvalue weighted by Gasteiger charge is 2.23. The standard InChI is InChI=1S/C24H23NO4/c1-17-6-2-3-10-21(17)22(11-12-23(26)27)24(28)19-8-4-9-20(14-19)29-16-18-7-5-13-25-15-18/h2-10,13-15,22H,11-12,16H2,1H3,(H,26,27)/p-1. The number of hydrogen-bond donors (Lipinski definition) is 0. The van der Waals surface area contributed by atoms with E-state index in [4.69, 9.17) is 4.74 Å². The summed E-state index contributed by atoms with van der Waals surface area (Å²) in [6.45, 7) is 2.26. The molecule has 0 fully saturated rings. The van der Waals surface area contributed by atoms with Gasteiger partial charge in [0.25, 0.3) is 0 Å². The number of carboxylic acids is 1. The first-order chi connectivity index (χ1) is 14.0. The third-order valence-electron chi connectivity index (χ3n) is 4.76. The monoisotopic (exact) mass is 388 g/mol. The number of nitrogens with zero attached hydrogens (tertiary/aromatic N) is 1. The molecule has 0 saturated carbocycles. The first-order valence-electron chi connectivity index (χ1n) is 9.46. The number of aryl methyl sites for hydroxylation is 1. The summed E-state index contributed by atoms with van der Waals surface area (Å²) in [5.41, 5.74) is 3.20. The van der Waals surface area contributed by atoms with Gasteiger partial charge in [-0.05, 0) is 49.1 Å². The Labute approximate surface area is 170 Å². The quantitative estimate of drug-likeness (QED) is 0.525. The zero-order valence-electron chi connectivity index (χ0n) is 16.2. The van der Waals surface area contributed by atoms with Crippen LogP contribution in [0.25, 0.3) is 0 Å². The van der Waals surface area contributed by atoms with E-state index in [0.29, 0.717) is 17.9 Å². The molecule has 1 aromatic heterocycles. The van der Waals surface area contributed by atoms with Gasteiger partial charge in [-0.3, -0.25) is 9.78 Å². The average Bonchev–Trinajstić information content (AvgIpc) is 2.74. The van der Waals surface area contributed by atoms with Crippen LogP contribution in [0.2, 0.25) is 0 Å². The lowest BCUT2D eigenvalue weighted by molar-refractivity contribution is -0.305. The summed E-state index contributed by atoms with van der Waals surface area (Å²) in [6.07, 6.45) is 3.43. The van der Waals surface area contributed by atoms with Crippen LogP contribution < -0.4 is 9.84 Å². The molecule has 0 aliphatic carbocycles. The highest BCUT2D eigenvalue weighted by Crippen LogP contribution is 2.29. The Balaban J connectivity index is 1.81. The first kappa shape index (κ1) is 20.3. The number of ether oxygens (including phenoxy) is 1. The molecule has 1 unspecified atom stereocenters. The van der Waals surface area contributed by atoms with E-state index in [0.717, 1.165) is 16.7 Å². The molecule has 5 nitrogen and oxygen atoms in total. The molecular weight excluding hydrogens is 366 g/mol. The van der Waals surface area contributed by atoms with Crippen molar-refractivity contribution in [1.82, 2.24) is 4.98 Å². The molecule has 0 radical (unpaired) electrons. The molecule has 2 aromatic carbocycles. The summed E-state index contributed by atoms with van der Waals surface area (Å²) in [4.78, 5) is 28.3. The van der Waals surface area contributed by atoms with Crippen LogP contribution in [-0.4, -0.2) is 16.7 Å². The van der Waals surface area contributed by atoms with E-state index in [-0.39, 0.29) is 18.6 Å². The van der Waals surface area contributed by atoms with Crippen LogP contribution in [0.4, 0.5) is 0 Å². The van der Waals surface area contributed by atoms with Crippen molar-refractivity contribution in [2.24, 2.45) is 0 Å². The van der Waals surface area contributed by atoms with Gasteiger partial charge in [0.15, 0.2) is 5.78 Å². The van der Waals surface area contributed by atoms with Gasteiger partial charge in [0.2, 0.25) is 0 Å². The summed E-state index contributed by atoms with van der Waals surface area (Å²) >= 11 is 0. The van der Waals surface area contributed by atoms with E-state index in [1.165, 1.54) is 0 Å². The molecule has 0 amide bonds. The minimum Gasteiger partial charge on any atom is -0.550 e. The summed E-state index contributed by atoms with van der Waals surface area (Å²) < 4.78 is 5.79. The maximum atomic E-state index is 13.3. The molecule has 1 atom stereocenters. The molecule has 1 heterocycles. The Hall–Kier alpha value is -3.47. The van der Waals surface area contributed by atoms with Crippen molar-refractivity contribution in [3.8, 4) is 5.75 Å². The third-order valence-corrected chi connectivity index (χ3v) is 4.76. The summed E-state index contributed by atoms with van der Waals surface area (Å²) in [5.74, 6) is -1.27. The fourth-order valence-electron chi connectivity index (χ4n) is 3.26. The van der Waals surface area contributed by atoms with E-state index >= 15 is 0 Å². The molecule has 0 bridgehead atoms. The van der Waals surface area contributed by atoms with Crippen molar-refractivity contribution in [1.29, 1.82) is 0 Å². The molecule has 0 saturated heterocycles. The van der Waals surface area contributed by atoms with Crippen LogP contribution >= 0.6 is 0 Å². The van der Waals surface area contributed by atoms with Crippen molar-refractivity contribution in [3.05, 3.63) is 95.3 Å². The molecule has 0 spiro atoms. The van der Waals surface area contributed by atoms with Gasteiger partial charge in [-0.15, -0.1) is 0 Å². The van der Waals surface area contributed by atoms with Crippen molar-refractivity contribution in [2.45, 2.75) is 32.3 Å². The zero-order valence-corrected chi connectivity index (χ0v) is 16.2.